The summed E-state index contributed by atoms with van der Waals surface area (Å²) in [4.78, 5) is 18.1. The zero-order valence-electron chi connectivity index (χ0n) is 23.6. The summed E-state index contributed by atoms with van der Waals surface area (Å²) < 4.78 is 67.2. The zero-order valence-corrected chi connectivity index (χ0v) is 23.6. The van der Waals surface area contributed by atoms with E-state index < -0.39 is 17.3 Å². The molecular weight excluding hydrogens is 574 g/mol. The van der Waals surface area contributed by atoms with Gasteiger partial charge in [-0.25, -0.2) is 9.37 Å². The van der Waals surface area contributed by atoms with Gasteiger partial charge in [0.05, 0.1) is 29.3 Å². The maximum absolute atomic E-state index is 13.7. The van der Waals surface area contributed by atoms with E-state index in [4.69, 9.17) is 9.47 Å². The molecule has 0 aliphatic heterocycles. The molecule has 0 amide bonds. The predicted molar refractivity (Wildman–Crippen MR) is 162 cm³/mol. The van der Waals surface area contributed by atoms with Crippen LogP contribution >= 0.6 is 0 Å². The number of halogens is 4. The van der Waals surface area contributed by atoms with E-state index in [1.165, 1.54) is 30.5 Å². The average molecular weight is 602 g/mol. The molecule has 5 rings (SSSR count). The third kappa shape index (κ3) is 6.70. The maximum Gasteiger partial charge on any atom is 0.416 e. The molecule has 0 atom stereocenters. The molecule has 0 bridgehead atoms. The van der Waals surface area contributed by atoms with E-state index in [0.717, 1.165) is 16.8 Å². The lowest BCUT2D eigenvalue weighted by atomic mass is 10.1. The Kier molecular flexibility index (Phi) is 8.89. The Labute approximate surface area is 250 Å². The van der Waals surface area contributed by atoms with Crippen LogP contribution in [0.15, 0.2) is 107 Å². The first-order valence-corrected chi connectivity index (χ1v) is 13.7. The quantitative estimate of drug-likeness (QED) is 0.0931. The molecule has 0 N–H and O–H groups in total. The van der Waals surface area contributed by atoms with Crippen LogP contribution in [0, 0.1) is 5.82 Å². The summed E-state index contributed by atoms with van der Waals surface area (Å²) in [6.45, 7) is 6.04. The highest BCUT2D eigenvalue weighted by atomic mass is 19.4. The fraction of sp³-hybridized carbons (Fsp3) is 0.147. The van der Waals surface area contributed by atoms with Crippen molar-refractivity contribution in [3.05, 3.63) is 136 Å². The van der Waals surface area contributed by atoms with E-state index >= 15 is 0 Å². The van der Waals surface area contributed by atoms with Crippen molar-refractivity contribution >= 4 is 17.1 Å². The third-order valence-electron chi connectivity index (χ3n) is 6.61. The lowest BCUT2D eigenvalue weighted by molar-refractivity contribution is -0.137. The van der Waals surface area contributed by atoms with Crippen LogP contribution in [0.1, 0.15) is 29.2 Å². The van der Waals surface area contributed by atoms with Crippen molar-refractivity contribution < 1.29 is 27.0 Å². The fourth-order valence-electron chi connectivity index (χ4n) is 4.65. The van der Waals surface area contributed by atoms with Crippen LogP contribution in [0.4, 0.5) is 17.6 Å². The highest BCUT2D eigenvalue weighted by Crippen LogP contribution is 2.35. The number of nitrogens with zero attached hydrogens (tertiary/aromatic N) is 3. The van der Waals surface area contributed by atoms with Gasteiger partial charge in [0, 0.05) is 11.1 Å². The second-order valence-electron chi connectivity index (χ2n) is 9.74. The van der Waals surface area contributed by atoms with E-state index in [9.17, 15) is 22.4 Å². The lowest BCUT2D eigenvalue weighted by Gasteiger charge is -2.17. The molecule has 0 aliphatic carbocycles. The molecule has 10 heteroatoms. The van der Waals surface area contributed by atoms with Crippen LogP contribution in [0.3, 0.4) is 0 Å². The number of allylic oxidation sites excluding steroid dienone is 1. The Morgan fingerprint density at radius 1 is 0.977 bits per heavy atom. The van der Waals surface area contributed by atoms with E-state index in [1.54, 1.807) is 54.6 Å². The molecule has 1 heterocycles. The van der Waals surface area contributed by atoms with Gasteiger partial charge in [-0.3, -0.25) is 4.79 Å². The van der Waals surface area contributed by atoms with Gasteiger partial charge in [0.2, 0.25) is 0 Å². The summed E-state index contributed by atoms with van der Waals surface area (Å²) >= 11 is 0. The molecule has 0 radical (unpaired) electrons. The highest BCUT2D eigenvalue weighted by Gasteiger charge is 2.31. The number of rotatable bonds is 10. The van der Waals surface area contributed by atoms with Crippen molar-refractivity contribution in [2.45, 2.75) is 26.1 Å². The molecule has 6 nitrogen and oxygen atoms in total. The van der Waals surface area contributed by atoms with Crippen LogP contribution in [0.5, 0.6) is 11.5 Å². The molecule has 5 aromatic rings. The summed E-state index contributed by atoms with van der Waals surface area (Å²) in [5, 5.41) is 4.65. The van der Waals surface area contributed by atoms with Crippen LogP contribution < -0.4 is 15.0 Å². The van der Waals surface area contributed by atoms with Crippen LogP contribution in [0.2, 0.25) is 0 Å². The SMILES string of the molecule is C=CCc1cc(C=Nn2c(-c3cccc(C(F)(F)F)c3)nc3ccccc3c2=O)cc(OCC)c1OCc1cccc(F)c1. The number of benzene rings is 4. The van der Waals surface area contributed by atoms with Gasteiger partial charge < -0.3 is 9.47 Å². The molecule has 0 saturated carbocycles. The second kappa shape index (κ2) is 12.9. The van der Waals surface area contributed by atoms with Crippen molar-refractivity contribution in [1.82, 2.24) is 9.66 Å². The molecule has 4 aromatic carbocycles. The van der Waals surface area contributed by atoms with Crippen LogP contribution in [0.25, 0.3) is 22.3 Å². The Morgan fingerprint density at radius 2 is 1.77 bits per heavy atom. The van der Waals surface area contributed by atoms with E-state index in [0.29, 0.717) is 46.7 Å². The molecule has 0 aliphatic rings. The summed E-state index contributed by atoms with van der Waals surface area (Å²) in [7, 11) is 0. The first-order valence-electron chi connectivity index (χ1n) is 13.7. The monoisotopic (exact) mass is 601 g/mol. The van der Waals surface area contributed by atoms with Crippen molar-refractivity contribution in [3.63, 3.8) is 0 Å². The van der Waals surface area contributed by atoms with Gasteiger partial charge in [-0.05, 0) is 73.0 Å². The van der Waals surface area contributed by atoms with E-state index in [2.05, 4.69) is 16.7 Å². The maximum atomic E-state index is 13.7. The van der Waals surface area contributed by atoms with E-state index in [-0.39, 0.29) is 29.2 Å². The molecule has 0 saturated heterocycles. The largest absolute Gasteiger partial charge is 0.490 e. The normalized spacial score (nSPS) is 11.7. The number of aromatic nitrogens is 2. The van der Waals surface area contributed by atoms with Gasteiger partial charge in [-0.1, -0.05) is 42.5 Å². The minimum Gasteiger partial charge on any atom is -0.490 e. The van der Waals surface area contributed by atoms with Gasteiger partial charge in [-0.2, -0.15) is 22.9 Å². The molecule has 0 fully saturated rings. The van der Waals surface area contributed by atoms with Gasteiger partial charge >= 0.3 is 6.18 Å². The summed E-state index contributed by atoms with van der Waals surface area (Å²) in [5.41, 5.74) is 0.825. The Bertz CT molecular complexity index is 1920. The topological polar surface area (TPSA) is 65.7 Å². The Balaban J connectivity index is 1.60. The number of para-hydroxylation sites is 1. The molecule has 0 unspecified atom stereocenters. The summed E-state index contributed by atoms with van der Waals surface area (Å²) in [5.74, 6) is 0.411. The summed E-state index contributed by atoms with van der Waals surface area (Å²) in [6, 6.07) is 20.6. The van der Waals surface area contributed by atoms with Crippen molar-refractivity contribution in [2.24, 2.45) is 5.10 Å². The molecule has 0 spiro atoms. The fourth-order valence-corrected chi connectivity index (χ4v) is 4.65. The van der Waals surface area contributed by atoms with Gasteiger partial charge in [-0.15, -0.1) is 6.58 Å². The number of alkyl halides is 3. The molecule has 1 aromatic heterocycles. The summed E-state index contributed by atoms with van der Waals surface area (Å²) in [6.07, 6.45) is -1.10. The Hall–Kier alpha value is -5.25. The molecule has 44 heavy (non-hydrogen) atoms. The smallest absolute Gasteiger partial charge is 0.416 e. The minimum atomic E-state index is -4.59. The zero-order chi connectivity index (χ0) is 31.3. The number of hydrogen-bond donors (Lipinski definition) is 0. The van der Waals surface area contributed by atoms with Crippen LogP contribution in [-0.2, 0) is 19.2 Å². The average Bonchev–Trinajstić information content (AvgIpc) is 3.00. The van der Waals surface area contributed by atoms with Crippen LogP contribution in [-0.4, -0.2) is 22.5 Å². The highest BCUT2D eigenvalue weighted by molar-refractivity contribution is 5.83. The standard InChI is InChI=1S/C34H27F4N3O3/c1-3-9-24-16-23(18-30(43-4-2)31(24)44-21-22-10-7-13-27(35)17-22)20-39-41-32(25-11-8-12-26(19-25)34(36,37)38)40-29-15-6-5-14-28(29)33(41)42/h3,5-8,10-20H,1,4,9,21H2,2H3. The molecule has 224 valence electrons. The number of hydrogen-bond acceptors (Lipinski definition) is 5. The number of ether oxygens (including phenoxy) is 2. The Morgan fingerprint density at radius 3 is 2.52 bits per heavy atom. The second-order valence-corrected chi connectivity index (χ2v) is 9.74. The number of fused-ring (bicyclic) bond motifs is 1. The van der Waals surface area contributed by atoms with Gasteiger partial charge in [0.15, 0.2) is 17.3 Å². The van der Waals surface area contributed by atoms with Crippen molar-refractivity contribution in [2.75, 3.05) is 6.61 Å². The van der Waals surface area contributed by atoms with Crippen molar-refractivity contribution in [3.8, 4) is 22.9 Å². The van der Waals surface area contributed by atoms with Gasteiger partial charge in [0.1, 0.15) is 12.4 Å². The molecular formula is C34H27F4N3O3. The first-order chi connectivity index (χ1) is 21.2. The minimum absolute atomic E-state index is 0.0533. The third-order valence-corrected chi connectivity index (χ3v) is 6.61. The van der Waals surface area contributed by atoms with Gasteiger partial charge in [0.25, 0.3) is 5.56 Å². The predicted octanol–water partition coefficient (Wildman–Crippen LogP) is 7.81. The van der Waals surface area contributed by atoms with E-state index in [1.807, 2.05) is 6.92 Å². The first kappa shape index (κ1) is 30.2. The van der Waals surface area contributed by atoms with Crippen molar-refractivity contribution in [1.29, 1.82) is 0 Å². The lowest BCUT2D eigenvalue weighted by Crippen LogP contribution is -2.20.